The van der Waals surface area contributed by atoms with E-state index in [2.05, 4.69) is 14.9 Å². The fourth-order valence-electron chi connectivity index (χ4n) is 3.98. The number of hydrogen-bond acceptors (Lipinski definition) is 8. The van der Waals surface area contributed by atoms with E-state index in [9.17, 15) is 13.2 Å². The Hall–Kier alpha value is -2.99. The summed E-state index contributed by atoms with van der Waals surface area (Å²) >= 11 is 7.84. The molecule has 1 amide bonds. The van der Waals surface area contributed by atoms with E-state index in [4.69, 9.17) is 22.1 Å². The molecule has 4 rings (SSSR count). The molecule has 196 valence electrons. The number of carbonyl (C=O) groups is 1. The Morgan fingerprint density at radius 1 is 1.24 bits per heavy atom. The van der Waals surface area contributed by atoms with Crippen molar-refractivity contribution in [3.05, 3.63) is 69.3 Å². The Balaban J connectivity index is 1.68. The van der Waals surface area contributed by atoms with Gasteiger partial charge in [-0.2, -0.15) is 4.98 Å². The lowest BCUT2D eigenvalue weighted by Gasteiger charge is -2.17. The number of benzene rings is 1. The van der Waals surface area contributed by atoms with Gasteiger partial charge in [-0.05, 0) is 44.3 Å². The van der Waals surface area contributed by atoms with Crippen LogP contribution in [0.4, 0.5) is 0 Å². The maximum absolute atomic E-state index is 11.8. The summed E-state index contributed by atoms with van der Waals surface area (Å²) in [7, 11) is 0.774. The first kappa shape index (κ1) is 27.1. The number of nitrogens with zero attached hydrogens (tertiary/aromatic N) is 4. The van der Waals surface area contributed by atoms with Gasteiger partial charge in [0.2, 0.25) is 11.8 Å². The van der Waals surface area contributed by atoms with Gasteiger partial charge in [-0.15, -0.1) is 11.3 Å². The fraction of sp³-hybridized carbons (Fsp3) is 0.320. The molecule has 37 heavy (non-hydrogen) atoms. The Labute approximate surface area is 224 Å². The standard InChI is InChI=1S/C25H28ClN5O4S2/c1-15(18-7-5-16(9-19(18)26)12-30(2)3)35-24-21(10-22(27)32)36-25(29-24)20-11-28-23-8-6-17(13-31(20)23)14-37(4,33)34/h5-9,11,13,15H,10,12,14H2,1-4H3,(H2,27,32)/t15-/m1/s1. The SMILES string of the molecule is C[C@@H](Oc1nc(-c2cnc3ccc(CS(C)(=O)=O)cn23)sc1CC(N)=O)c1ccc(CN(C)C)cc1Cl. The number of hydrogen-bond donors (Lipinski definition) is 1. The van der Waals surface area contributed by atoms with Crippen LogP contribution in [0.25, 0.3) is 16.3 Å². The number of sulfone groups is 1. The van der Waals surface area contributed by atoms with Crippen LogP contribution in [-0.2, 0) is 33.4 Å². The summed E-state index contributed by atoms with van der Waals surface area (Å²) in [6.45, 7) is 2.63. The molecule has 9 nitrogen and oxygen atoms in total. The van der Waals surface area contributed by atoms with Gasteiger partial charge in [-0.3, -0.25) is 9.20 Å². The molecule has 0 fully saturated rings. The van der Waals surface area contributed by atoms with E-state index in [1.807, 2.05) is 39.2 Å². The highest BCUT2D eigenvalue weighted by Gasteiger charge is 2.22. The third kappa shape index (κ3) is 6.67. The molecule has 12 heteroatoms. The molecule has 0 aliphatic carbocycles. The van der Waals surface area contributed by atoms with E-state index >= 15 is 0 Å². The quantitative estimate of drug-likeness (QED) is 0.312. The lowest BCUT2D eigenvalue weighted by molar-refractivity contribution is -0.117. The van der Waals surface area contributed by atoms with Crippen LogP contribution >= 0.6 is 22.9 Å². The largest absolute Gasteiger partial charge is 0.469 e. The smallest absolute Gasteiger partial charge is 0.229 e. The Kier molecular flexibility index (Phi) is 7.88. The number of ether oxygens (including phenoxy) is 1. The Bertz CT molecular complexity index is 1560. The zero-order valence-electron chi connectivity index (χ0n) is 20.9. The molecule has 0 unspecified atom stereocenters. The zero-order valence-corrected chi connectivity index (χ0v) is 23.3. The molecule has 2 N–H and O–H groups in total. The van der Waals surface area contributed by atoms with E-state index in [0.29, 0.717) is 37.7 Å². The molecular formula is C25H28ClN5O4S2. The second kappa shape index (κ2) is 10.8. The number of amides is 1. The van der Waals surface area contributed by atoms with Gasteiger partial charge in [0.05, 0.1) is 23.2 Å². The van der Waals surface area contributed by atoms with Gasteiger partial charge in [0.15, 0.2) is 9.84 Å². The van der Waals surface area contributed by atoms with Crippen molar-refractivity contribution >= 4 is 44.3 Å². The van der Waals surface area contributed by atoms with Crippen LogP contribution in [0.5, 0.6) is 5.88 Å². The minimum absolute atomic E-state index is 0.0364. The predicted octanol–water partition coefficient (Wildman–Crippen LogP) is 3.89. The van der Waals surface area contributed by atoms with Crippen LogP contribution in [0.2, 0.25) is 5.02 Å². The molecular weight excluding hydrogens is 534 g/mol. The summed E-state index contributed by atoms with van der Waals surface area (Å²) in [5.41, 5.74) is 9.29. The number of aromatic nitrogens is 3. The second-order valence-corrected chi connectivity index (χ2v) is 12.9. The second-order valence-electron chi connectivity index (χ2n) is 9.22. The topological polar surface area (TPSA) is 120 Å². The number of imidazole rings is 1. The number of halogens is 1. The van der Waals surface area contributed by atoms with Crippen LogP contribution in [0.15, 0.2) is 42.7 Å². The molecule has 0 aliphatic heterocycles. The van der Waals surface area contributed by atoms with Gasteiger partial charge < -0.3 is 15.4 Å². The summed E-state index contributed by atoms with van der Waals surface area (Å²) in [5, 5.41) is 1.15. The third-order valence-corrected chi connectivity index (χ3v) is 7.75. The van der Waals surface area contributed by atoms with E-state index in [1.54, 1.807) is 28.9 Å². The first-order chi connectivity index (χ1) is 17.4. The number of thiazole rings is 1. The van der Waals surface area contributed by atoms with Crippen LogP contribution in [0.1, 0.15) is 34.6 Å². The summed E-state index contributed by atoms with van der Waals surface area (Å²) in [6.07, 6.45) is 4.10. The molecule has 1 aromatic carbocycles. The first-order valence-electron chi connectivity index (χ1n) is 11.4. The molecule has 0 bridgehead atoms. The highest BCUT2D eigenvalue weighted by Crippen LogP contribution is 2.36. The van der Waals surface area contributed by atoms with Crippen molar-refractivity contribution in [1.82, 2.24) is 19.3 Å². The maximum atomic E-state index is 11.8. The van der Waals surface area contributed by atoms with Crippen LogP contribution in [-0.4, -0.2) is 53.9 Å². The van der Waals surface area contributed by atoms with Gasteiger partial charge >= 0.3 is 0 Å². The van der Waals surface area contributed by atoms with Crippen molar-refractivity contribution < 1.29 is 17.9 Å². The molecule has 0 saturated heterocycles. The maximum Gasteiger partial charge on any atom is 0.229 e. The molecule has 4 aromatic rings. The highest BCUT2D eigenvalue weighted by atomic mass is 35.5. The van der Waals surface area contributed by atoms with Gasteiger partial charge in [0.1, 0.15) is 22.5 Å². The van der Waals surface area contributed by atoms with Crippen molar-refractivity contribution in [3.8, 4) is 16.6 Å². The summed E-state index contributed by atoms with van der Waals surface area (Å²) in [6, 6.07) is 9.34. The number of carbonyl (C=O) groups excluding carboxylic acids is 1. The van der Waals surface area contributed by atoms with Crippen molar-refractivity contribution in [3.63, 3.8) is 0 Å². The third-order valence-electron chi connectivity index (χ3n) is 5.50. The molecule has 0 spiro atoms. The molecule has 0 aliphatic rings. The molecule has 3 heterocycles. The number of fused-ring (bicyclic) bond motifs is 1. The predicted molar refractivity (Wildman–Crippen MR) is 146 cm³/mol. The molecule has 3 aromatic heterocycles. The molecule has 0 saturated carbocycles. The Morgan fingerprint density at radius 3 is 2.62 bits per heavy atom. The van der Waals surface area contributed by atoms with Crippen LogP contribution in [0, 0.1) is 0 Å². The lowest BCUT2D eigenvalue weighted by atomic mass is 10.1. The van der Waals surface area contributed by atoms with E-state index in [0.717, 1.165) is 17.7 Å². The van der Waals surface area contributed by atoms with Gasteiger partial charge in [0, 0.05) is 29.6 Å². The van der Waals surface area contributed by atoms with Crippen molar-refractivity contribution in [2.75, 3.05) is 20.4 Å². The minimum Gasteiger partial charge on any atom is -0.469 e. The fourth-order valence-corrected chi connectivity index (χ4v) is 6.12. The van der Waals surface area contributed by atoms with Gasteiger partial charge in [-0.1, -0.05) is 29.8 Å². The zero-order chi connectivity index (χ0) is 26.9. The molecule has 1 atom stereocenters. The van der Waals surface area contributed by atoms with Gasteiger partial charge in [-0.25, -0.2) is 13.4 Å². The van der Waals surface area contributed by atoms with Crippen LogP contribution < -0.4 is 10.5 Å². The average Bonchev–Trinajstić information content (AvgIpc) is 3.35. The van der Waals surface area contributed by atoms with Gasteiger partial charge in [0.25, 0.3) is 0 Å². The number of rotatable bonds is 10. The lowest BCUT2D eigenvalue weighted by Crippen LogP contribution is -2.14. The van der Waals surface area contributed by atoms with Crippen molar-refractivity contribution in [2.45, 2.75) is 31.7 Å². The number of nitrogens with two attached hydrogens (primary N) is 1. The first-order valence-corrected chi connectivity index (χ1v) is 14.7. The summed E-state index contributed by atoms with van der Waals surface area (Å²) < 4.78 is 31.5. The van der Waals surface area contributed by atoms with Crippen LogP contribution in [0.3, 0.4) is 0 Å². The number of pyridine rings is 1. The monoisotopic (exact) mass is 561 g/mol. The Morgan fingerprint density at radius 2 is 1.97 bits per heavy atom. The van der Waals surface area contributed by atoms with Crippen molar-refractivity contribution in [1.29, 1.82) is 0 Å². The molecule has 0 radical (unpaired) electrons. The average molecular weight is 562 g/mol. The summed E-state index contributed by atoms with van der Waals surface area (Å²) in [5.74, 6) is -0.306. The van der Waals surface area contributed by atoms with E-state index in [-0.39, 0.29) is 12.2 Å². The number of primary amides is 1. The van der Waals surface area contributed by atoms with E-state index < -0.39 is 21.8 Å². The summed E-state index contributed by atoms with van der Waals surface area (Å²) in [4.78, 5) is 23.5. The van der Waals surface area contributed by atoms with E-state index in [1.165, 1.54) is 17.6 Å². The highest BCUT2D eigenvalue weighted by molar-refractivity contribution is 7.89. The normalized spacial score (nSPS) is 12.8. The minimum atomic E-state index is -3.21. The van der Waals surface area contributed by atoms with Crippen molar-refractivity contribution in [2.24, 2.45) is 5.73 Å².